The van der Waals surface area contributed by atoms with Crippen molar-refractivity contribution in [1.29, 1.82) is 0 Å². The van der Waals surface area contributed by atoms with E-state index in [9.17, 15) is 4.79 Å². The summed E-state index contributed by atoms with van der Waals surface area (Å²) in [7, 11) is 2.06. The first-order chi connectivity index (χ1) is 11.2. The summed E-state index contributed by atoms with van der Waals surface area (Å²) >= 11 is 0. The van der Waals surface area contributed by atoms with E-state index in [1.54, 1.807) is 0 Å². The molecule has 4 nitrogen and oxygen atoms in total. The van der Waals surface area contributed by atoms with Gasteiger partial charge in [-0.1, -0.05) is 25.1 Å². The quantitative estimate of drug-likeness (QED) is 0.890. The number of rotatable bonds is 6. The number of carbonyl (C=O) groups excluding carboxylic acids is 1. The van der Waals surface area contributed by atoms with Crippen LogP contribution in [0.5, 0.6) is 0 Å². The lowest BCUT2D eigenvalue weighted by atomic mass is 10.1. The van der Waals surface area contributed by atoms with Crippen LogP contribution in [-0.2, 0) is 18.3 Å². The zero-order valence-electron chi connectivity index (χ0n) is 14.2. The summed E-state index contributed by atoms with van der Waals surface area (Å²) in [5, 5.41) is 4.39. The number of likely N-dealkylation sites (N-methyl/N-ethyl adjacent to an activating group) is 1. The smallest absolute Gasteiger partial charge is 0.220 e. The van der Waals surface area contributed by atoms with E-state index >= 15 is 0 Å². The van der Waals surface area contributed by atoms with Crippen molar-refractivity contribution in [3.63, 3.8) is 0 Å². The van der Waals surface area contributed by atoms with Crippen LogP contribution in [0.4, 0.5) is 0 Å². The van der Waals surface area contributed by atoms with Gasteiger partial charge in [-0.2, -0.15) is 0 Å². The van der Waals surface area contributed by atoms with Gasteiger partial charge >= 0.3 is 0 Å². The van der Waals surface area contributed by atoms with E-state index in [4.69, 9.17) is 0 Å². The average molecular weight is 313 g/mol. The van der Waals surface area contributed by atoms with Crippen LogP contribution < -0.4 is 5.32 Å². The van der Waals surface area contributed by atoms with Crippen LogP contribution in [0.3, 0.4) is 0 Å². The topological polar surface area (TPSA) is 37.3 Å². The van der Waals surface area contributed by atoms with Crippen LogP contribution in [0.25, 0.3) is 10.9 Å². The fraction of sp³-hybridized carbons (Fsp3) is 0.526. The average Bonchev–Trinajstić information content (AvgIpc) is 3.16. The molecule has 1 aromatic carbocycles. The van der Waals surface area contributed by atoms with Gasteiger partial charge in [-0.25, -0.2) is 0 Å². The maximum absolute atomic E-state index is 12.2. The molecular formula is C19H27N3O. The highest BCUT2D eigenvalue weighted by molar-refractivity contribution is 5.84. The third-order valence-electron chi connectivity index (χ3n) is 5.04. The molecule has 124 valence electrons. The number of nitrogens with one attached hydrogen (secondary N) is 1. The van der Waals surface area contributed by atoms with Crippen molar-refractivity contribution in [3.05, 3.63) is 36.0 Å². The van der Waals surface area contributed by atoms with Gasteiger partial charge in [0.25, 0.3) is 0 Å². The SMILES string of the molecule is CCN1CCC[C@H]1CNC(=O)CCc1cn(C)c2ccccc12. The summed E-state index contributed by atoms with van der Waals surface area (Å²) in [5.74, 6) is 0.167. The molecular weight excluding hydrogens is 286 g/mol. The molecule has 1 aliphatic rings. The molecule has 23 heavy (non-hydrogen) atoms. The predicted molar refractivity (Wildman–Crippen MR) is 94.5 cm³/mol. The zero-order chi connectivity index (χ0) is 16.2. The van der Waals surface area contributed by atoms with Gasteiger partial charge in [-0.3, -0.25) is 9.69 Å². The molecule has 0 bridgehead atoms. The second-order valence-corrected chi connectivity index (χ2v) is 6.51. The number of aromatic nitrogens is 1. The first-order valence-electron chi connectivity index (χ1n) is 8.72. The van der Waals surface area contributed by atoms with Gasteiger partial charge in [-0.05, 0) is 44.0 Å². The maximum atomic E-state index is 12.2. The van der Waals surface area contributed by atoms with Crippen molar-refractivity contribution in [2.75, 3.05) is 19.6 Å². The van der Waals surface area contributed by atoms with Crippen molar-refractivity contribution >= 4 is 16.8 Å². The Morgan fingerprint density at radius 3 is 3.00 bits per heavy atom. The lowest BCUT2D eigenvalue weighted by molar-refractivity contribution is -0.121. The number of benzene rings is 1. The van der Waals surface area contributed by atoms with E-state index in [0.29, 0.717) is 12.5 Å². The van der Waals surface area contributed by atoms with Gasteiger partial charge in [0.2, 0.25) is 5.91 Å². The Balaban J connectivity index is 1.52. The fourth-order valence-electron chi connectivity index (χ4n) is 3.74. The minimum absolute atomic E-state index is 0.167. The van der Waals surface area contributed by atoms with E-state index in [2.05, 4.69) is 59.2 Å². The molecule has 4 heteroatoms. The molecule has 1 aromatic heterocycles. The number of amides is 1. The van der Waals surface area contributed by atoms with Crippen LogP contribution in [0.1, 0.15) is 31.7 Å². The Kier molecular flexibility index (Phi) is 5.01. The normalized spacial score (nSPS) is 18.6. The molecule has 0 spiro atoms. The van der Waals surface area contributed by atoms with E-state index in [1.807, 2.05) is 0 Å². The predicted octanol–water partition coefficient (Wildman–Crippen LogP) is 2.71. The number of carbonyl (C=O) groups is 1. The Bertz CT molecular complexity index is 676. The summed E-state index contributed by atoms with van der Waals surface area (Å²) in [6.07, 6.45) is 5.97. The van der Waals surface area contributed by atoms with E-state index in [1.165, 1.54) is 35.9 Å². The second kappa shape index (κ2) is 7.18. The van der Waals surface area contributed by atoms with Crippen molar-refractivity contribution in [3.8, 4) is 0 Å². The highest BCUT2D eigenvalue weighted by Crippen LogP contribution is 2.21. The summed E-state index contributed by atoms with van der Waals surface area (Å²) < 4.78 is 2.14. The largest absolute Gasteiger partial charge is 0.355 e. The van der Waals surface area contributed by atoms with E-state index < -0.39 is 0 Å². The minimum Gasteiger partial charge on any atom is -0.355 e. The monoisotopic (exact) mass is 313 g/mol. The summed E-state index contributed by atoms with van der Waals surface area (Å²) in [6, 6.07) is 8.91. The minimum atomic E-state index is 0.167. The third-order valence-corrected chi connectivity index (χ3v) is 5.04. The molecule has 0 unspecified atom stereocenters. The summed E-state index contributed by atoms with van der Waals surface area (Å²) in [4.78, 5) is 14.6. The Hall–Kier alpha value is -1.81. The molecule has 0 radical (unpaired) electrons. The lowest BCUT2D eigenvalue weighted by Crippen LogP contribution is -2.40. The first-order valence-corrected chi connectivity index (χ1v) is 8.72. The molecule has 0 saturated carbocycles. The molecule has 1 amide bonds. The molecule has 1 fully saturated rings. The Morgan fingerprint density at radius 2 is 2.17 bits per heavy atom. The molecule has 0 aliphatic carbocycles. The van der Waals surface area contributed by atoms with Crippen molar-refractivity contribution in [2.45, 2.75) is 38.6 Å². The number of hydrogen-bond donors (Lipinski definition) is 1. The highest BCUT2D eigenvalue weighted by atomic mass is 16.1. The van der Waals surface area contributed by atoms with Gasteiger partial charge in [0.1, 0.15) is 0 Å². The molecule has 2 aromatic rings. The van der Waals surface area contributed by atoms with Crippen LogP contribution >= 0.6 is 0 Å². The molecule has 1 saturated heterocycles. The number of aryl methyl sites for hydroxylation is 2. The number of hydrogen-bond acceptors (Lipinski definition) is 2. The number of likely N-dealkylation sites (tertiary alicyclic amines) is 1. The Labute approximate surface area is 138 Å². The highest BCUT2D eigenvalue weighted by Gasteiger charge is 2.23. The standard InChI is InChI=1S/C19H27N3O/c1-3-22-12-6-7-16(22)13-20-19(23)11-10-15-14-21(2)18-9-5-4-8-17(15)18/h4-5,8-9,14,16H,3,6-7,10-13H2,1-2H3,(H,20,23)/t16-/m0/s1. The molecule has 1 aliphatic heterocycles. The van der Waals surface area contributed by atoms with Crippen LogP contribution in [0.2, 0.25) is 0 Å². The first kappa shape index (κ1) is 16.1. The van der Waals surface area contributed by atoms with E-state index in [0.717, 1.165) is 19.5 Å². The van der Waals surface area contributed by atoms with Gasteiger partial charge in [0, 0.05) is 43.2 Å². The van der Waals surface area contributed by atoms with E-state index in [-0.39, 0.29) is 5.91 Å². The molecule has 1 atom stereocenters. The van der Waals surface area contributed by atoms with Gasteiger partial charge in [0.05, 0.1) is 0 Å². The Morgan fingerprint density at radius 1 is 1.35 bits per heavy atom. The van der Waals surface area contributed by atoms with Gasteiger partial charge in [0.15, 0.2) is 0 Å². The summed E-state index contributed by atoms with van der Waals surface area (Å²) in [5.41, 5.74) is 2.49. The fourth-order valence-corrected chi connectivity index (χ4v) is 3.74. The van der Waals surface area contributed by atoms with Crippen molar-refractivity contribution < 1.29 is 4.79 Å². The van der Waals surface area contributed by atoms with Crippen molar-refractivity contribution in [1.82, 2.24) is 14.8 Å². The van der Waals surface area contributed by atoms with Gasteiger partial charge < -0.3 is 9.88 Å². The number of nitrogens with zero attached hydrogens (tertiary/aromatic N) is 2. The lowest BCUT2D eigenvalue weighted by Gasteiger charge is -2.22. The van der Waals surface area contributed by atoms with Gasteiger partial charge in [-0.15, -0.1) is 0 Å². The van der Waals surface area contributed by atoms with Crippen LogP contribution in [0.15, 0.2) is 30.5 Å². The van der Waals surface area contributed by atoms with Crippen molar-refractivity contribution in [2.24, 2.45) is 7.05 Å². The third kappa shape index (κ3) is 3.58. The second-order valence-electron chi connectivity index (χ2n) is 6.51. The molecule has 3 rings (SSSR count). The summed E-state index contributed by atoms with van der Waals surface area (Å²) in [6.45, 7) is 5.24. The zero-order valence-corrected chi connectivity index (χ0v) is 14.2. The molecule has 1 N–H and O–H groups in total. The number of fused-ring (bicyclic) bond motifs is 1. The van der Waals surface area contributed by atoms with Crippen LogP contribution in [-0.4, -0.2) is 41.1 Å². The maximum Gasteiger partial charge on any atom is 0.220 e. The van der Waals surface area contributed by atoms with Crippen LogP contribution in [0, 0.1) is 0 Å². The number of para-hydroxylation sites is 1. The molecule has 2 heterocycles.